The first-order valence-corrected chi connectivity index (χ1v) is 6.83. The van der Waals surface area contributed by atoms with Gasteiger partial charge in [-0.3, -0.25) is 4.79 Å². The minimum absolute atomic E-state index is 0.325. The van der Waals surface area contributed by atoms with Crippen molar-refractivity contribution in [1.82, 2.24) is 0 Å². The quantitative estimate of drug-likeness (QED) is 0.770. The SMILES string of the molecule is Nc1cc(Cl)cc(C(=O)Nc2cc(Br)ccc2Cl)c1. The molecule has 0 spiro atoms. The molecule has 19 heavy (non-hydrogen) atoms. The Morgan fingerprint density at radius 2 is 1.89 bits per heavy atom. The van der Waals surface area contributed by atoms with Crippen LogP contribution in [0.1, 0.15) is 10.4 Å². The third-order valence-corrected chi connectivity index (χ3v) is 3.40. The summed E-state index contributed by atoms with van der Waals surface area (Å²) in [6, 6.07) is 9.85. The van der Waals surface area contributed by atoms with E-state index in [4.69, 9.17) is 28.9 Å². The van der Waals surface area contributed by atoms with Crippen LogP contribution in [0.3, 0.4) is 0 Å². The Bertz CT molecular complexity index is 626. The molecule has 2 aromatic carbocycles. The van der Waals surface area contributed by atoms with E-state index in [1.165, 1.54) is 0 Å². The molecule has 0 aromatic heterocycles. The minimum atomic E-state index is -0.325. The first-order valence-electron chi connectivity index (χ1n) is 5.28. The normalized spacial score (nSPS) is 10.3. The number of nitrogens with one attached hydrogen (secondary N) is 1. The molecule has 2 aromatic rings. The summed E-state index contributed by atoms with van der Waals surface area (Å²) in [6.07, 6.45) is 0. The lowest BCUT2D eigenvalue weighted by atomic mass is 10.2. The molecule has 0 heterocycles. The van der Waals surface area contributed by atoms with Crippen LogP contribution < -0.4 is 11.1 Å². The van der Waals surface area contributed by atoms with E-state index < -0.39 is 0 Å². The lowest BCUT2D eigenvalue weighted by molar-refractivity contribution is 0.102. The fraction of sp³-hybridized carbons (Fsp3) is 0. The molecule has 0 saturated heterocycles. The van der Waals surface area contributed by atoms with Crippen molar-refractivity contribution in [2.24, 2.45) is 0 Å². The fourth-order valence-corrected chi connectivity index (χ4v) is 2.30. The molecular formula is C13H9BrCl2N2O. The van der Waals surface area contributed by atoms with E-state index in [1.807, 2.05) is 0 Å². The van der Waals surface area contributed by atoms with Gasteiger partial charge in [0.05, 0.1) is 10.7 Å². The molecule has 2 rings (SSSR count). The number of anilines is 2. The molecule has 0 saturated carbocycles. The van der Waals surface area contributed by atoms with Crippen LogP contribution in [0.4, 0.5) is 11.4 Å². The van der Waals surface area contributed by atoms with Gasteiger partial charge in [0.2, 0.25) is 0 Å². The number of nitrogen functional groups attached to an aromatic ring is 1. The average Bonchev–Trinajstić information content (AvgIpc) is 2.32. The van der Waals surface area contributed by atoms with Crippen LogP contribution in [-0.4, -0.2) is 5.91 Å². The maximum Gasteiger partial charge on any atom is 0.255 e. The Morgan fingerprint density at radius 3 is 2.58 bits per heavy atom. The van der Waals surface area contributed by atoms with E-state index in [0.717, 1.165) is 4.47 Å². The van der Waals surface area contributed by atoms with Crippen molar-refractivity contribution in [3.05, 3.63) is 56.5 Å². The van der Waals surface area contributed by atoms with Crippen LogP contribution >= 0.6 is 39.1 Å². The average molecular weight is 360 g/mol. The molecule has 6 heteroatoms. The summed E-state index contributed by atoms with van der Waals surface area (Å²) in [6.45, 7) is 0. The second-order valence-corrected chi connectivity index (χ2v) is 5.61. The maximum atomic E-state index is 12.1. The summed E-state index contributed by atoms with van der Waals surface area (Å²) in [4.78, 5) is 12.1. The van der Waals surface area contributed by atoms with Gasteiger partial charge < -0.3 is 11.1 Å². The Kier molecular flexibility index (Phi) is 4.34. The molecule has 0 fully saturated rings. The summed E-state index contributed by atoms with van der Waals surface area (Å²) in [7, 11) is 0. The van der Waals surface area contributed by atoms with Crippen molar-refractivity contribution in [3.8, 4) is 0 Å². The number of hydrogen-bond donors (Lipinski definition) is 2. The van der Waals surface area contributed by atoms with Crippen LogP contribution in [-0.2, 0) is 0 Å². The van der Waals surface area contributed by atoms with Crippen molar-refractivity contribution in [2.45, 2.75) is 0 Å². The Hall–Kier alpha value is -1.23. The van der Waals surface area contributed by atoms with Gasteiger partial charge in [-0.15, -0.1) is 0 Å². The maximum absolute atomic E-state index is 12.1. The van der Waals surface area contributed by atoms with Gasteiger partial charge in [-0.2, -0.15) is 0 Å². The molecule has 3 nitrogen and oxygen atoms in total. The van der Waals surface area contributed by atoms with Gasteiger partial charge in [-0.1, -0.05) is 39.1 Å². The third-order valence-electron chi connectivity index (χ3n) is 2.36. The molecule has 0 atom stereocenters. The zero-order valence-corrected chi connectivity index (χ0v) is 12.7. The molecule has 98 valence electrons. The van der Waals surface area contributed by atoms with E-state index in [2.05, 4.69) is 21.2 Å². The molecule has 0 aliphatic rings. The van der Waals surface area contributed by atoms with Gasteiger partial charge in [-0.25, -0.2) is 0 Å². The van der Waals surface area contributed by atoms with Gasteiger partial charge in [0.25, 0.3) is 5.91 Å². The number of benzene rings is 2. The number of amides is 1. The van der Waals surface area contributed by atoms with Crippen LogP contribution in [0.25, 0.3) is 0 Å². The van der Waals surface area contributed by atoms with E-state index >= 15 is 0 Å². The van der Waals surface area contributed by atoms with Gasteiger partial charge in [-0.05, 0) is 36.4 Å². The summed E-state index contributed by atoms with van der Waals surface area (Å²) in [5.41, 5.74) is 6.96. The van der Waals surface area contributed by atoms with Crippen molar-refractivity contribution in [3.63, 3.8) is 0 Å². The molecule has 0 aliphatic heterocycles. The van der Waals surface area contributed by atoms with Crippen molar-refractivity contribution in [1.29, 1.82) is 0 Å². The third kappa shape index (κ3) is 3.62. The standard InChI is InChI=1S/C13H9BrCl2N2O/c14-8-1-2-11(16)12(5-8)18-13(19)7-3-9(15)6-10(17)4-7/h1-6H,17H2,(H,18,19). The molecule has 1 amide bonds. The summed E-state index contributed by atoms with van der Waals surface area (Å²) in [5, 5.41) is 3.57. The molecular weight excluding hydrogens is 351 g/mol. The summed E-state index contributed by atoms with van der Waals surface area (Å²) in [5.74, 6) is -0.325. The van der Waals surface area contributed by atoms with Crippen LogP contribution in [0.5, 0.6) is 0 Å². The van der Waals surface area contributed by atoms with E-state index in [-0.39, 0.29) is 5.91 Å². The molecule has 3 N–H and O–H groups in total. The lowest BCUT2D eigenvalue weighted by Crippen LogP contribution is -2.12. The van der Waals surface area contributed by atoms with Gasteiger partial charge in [0.1, 0.15) is 0 Å². The van der Waals surface area contributed by atoms with Gasteiger partial charge in [0.15, 0.2) is 0 Å². The highest BCUT2D eigenvalue weighted by Crippen LogP contribution is 2.26. The van der Waals surface area contributed by atoms with Crippen LogP contribution in [0.15, 0.2) is 40.9 Å². The highest BCUT2D eigenvalue weighted by Gasteiger charge is 2.10. The molecule has 0 bridgehead atoms. The Morgan fingerprint density at radius 1 is 1.16 bits per heavy atom. The fourth-order valence-electron chi connectivity index (χ4n) is 1.53. The second-order valence-electron chi connectivity index (χ2n) is 3.85. The zero-order chi connectivity index (χ0) is 14.0. The molecule has 0 unspecified atom stereocenters. The highest BCUT2D eigenvalue weighted by atomic mass is 79.9. The van der Waals surface area contributed by atoms with Crippen LogP contribution in [0, 0.1) is 0 Å². The monoisotopic (exact) mass is 358 g/mol. The van der Waals surface area contributed by atoms with E-state index in [1.54, 1.807) is 36.4 Å². The number of nitrogens with two attached hydrogens (primary N) is 1. The van der Waals surface area contributed by atoms with Crippen molar-refractivity contribution >= 4 is 56.4 Å². The summed E-state index contributed by atoms with van der Waals surface area (Å²) >= 11 is 15.2. The van der Waals surface area contributed by atoms with Crippen LogP contribution in [0.2, 0.25) is 10.0 Å². The highest BCUT2D eigenvalue weighted by molar-refractivity contribution is 9.10. The van der Waals surface area contributed by atoms with E-state index in [9.17, 15) is 4.79 Å². The first-order chi connectivity index (χ1) is 8.95. The summed E-state index contributed by atoms with van der Waals surface area (Å²) < 4.78 is 0.817. The first kappa shape index (κ1) is 14.2. The number of halogens is 3. The minimum Gasteiger partial charge on any atom is -0.399 e. The Balaban J connectivity index is 2.28. The molecule has 0 aliphatic carbocycles. The van der Waals surface area contributed by atoms with E-state index in [0.29, 0.717) is 27.0 Å². The van der Waals surface area contributed by atoms with Crippen molar-refractivity contribution in [2.75, 3.05) is 11.1 Å². The largest absolute Gasteiger partial charge is 0.399 e. The Labute approximate surface area is 128 Å². The molecule has 0 radical (unpaired) electrons. The lowest BCUT2D eigenvalue weighted by Gasteiger charge is -2.08. The zero-order valence-electron chi connectivity index (χ0n) is 9.58. The van der Waals surface area contributed by atoms with Gasteiger partial charge >= 0.3 is 0 Å². The number of rotatable bonds is 2. The smallest absolute Gasteiger partial charge is 0.255 e. The number of hydrogen-bond acceptors (Lipinski definition) is 2. The predicted octanol–water partition coefficient (Wildman–Crippen LogP) is 4.59. The number of carbonyl (C=O) groups excluding carboxylic acids is 1. The van der Waals surface area contributed by atoms with Gasteiger partial charge in [0, 0.05) is 20.7 Å². The number of carbonyl (C=O) groups is 1. The topological polar surface area (TPSA) is 55.1 Å². The van der Waals surface area contributed by atoms with Crippen molar-refractivity contribution < 1.29 is 4.79 Å². The second kappa shape index (κ2) is 5.82. The predicted molar refractivity (Wildman–Crippen MR) is 83.0 cm³/mol.